The monoisotopic (exact) mass is 426 g/mol. The highest BCUT2D eigenvalue weighted by Crippen LogP contribution is 2.13. The van der Waals surface area contributed by atoms with Gasteiger partial charge in [-0.2, -0.15) is 0 Å². The van der Waals surface area contributed by atoms with Gasteiger partial charge in [0.1, 0.15) is 5.60 Å². The standard InChI is InChI=1S/C24H30N2O5/c1-17(10-11-18-8-6-5-7-9-18)25-21(27)16-30-22(28)19-12-14-20(15-13-19)26-23(29)31-24(2,3)4/h5-9,12-15,17H,10-11,16H2,1-4H3,(H,25,27)(H,26,29)/t17-/m0/s1. The molecule has 0 heterocycles. The van der Waals surface area contributed by atoms with Gasteiger partial charge in [-0.15, -0.1) is 0 Å². The van der Waals surface area contributed by atoms with Gasteiger partial charge in [-0.1, -0.05) is 30.3 Å². The first-order valence-electron chi connectivity index (χ1n) is 10.2. The van der Waals surface area contributed by atoms with Crippen molar-refractivity contribution in [1.82, 2.24) is 5.32 Å². The van der Waals surface area contributed by atoms with Crippen LogP contribution in [0.1, 0.15) is 50.0 Å². The predicted molar refractivity (Wildman–Crippen MR) is 119 cm³/mol. The van der Waals surface area contributed by atoms with Gasteiger partial charge in [0.05, 0.1) is 5.56 Å². The highest BCUT2D eigenvalue weighted by Gasteiger charge is 2.17. The lowest BCUT2D eigenvalue weighted by atomic mass is 10.1. The molecule has 2 amide bonds. The van der Waals surface area contributed by atoms with E-state index in [1.54, 1.807) is 32.9 Å². The largest absolute Gasteiger partial charge is 0.452 e. The number of hydrogen-bond acceptors (Lipinski definition) is 5. The highest BCUT2D eigenvalue weighted by atomic mass is 16.6. The Bertz CT molecular complexity index is 873. The molecule has 31 heavy (non-hydrogen) atoms. The van der Waals surface area contributed by atoms with Crippen LogP contribution in [0, 0.1) is 0 Å². The first-order valence-corrected chi connectivity index (χ1v) is 10.2. The van der Waals surface area contributed by atoms with Crippen LogP contribution < -0.4 is 10.6 Å². The summed E-state index contributed by atoms with van der Waals surface area (Å²) in [5.74, 6) is -0.965. The number of nitrogens with one attached hydrogen (secondary N) is 2. The summed E-state index contributed by atoms with van der Waals surface area (Å²) in [6, 6.07) is 16.1. The number of rotatable bonds is 8. The van der Waals surface area contributed by atoms with Gasteiger partial charge in [0.25, 0.3) is 5.91 Å². The number of carbonyl (C=O) groups excluding carboxylic acids is 3. The molecule has 7 heteroatoms. The van der Waals surface area contributed by atoms with Crippen molar-refractivity contribution in [2.45, 2.75) is 52.2 Å². The van der Waals surface area contributed by atoms with E-state index in [1.807, 2.05) is 37.3 Å². The van der Waals surface area contributed by atoms with E-state index >= 15 is 0 Å². The van der Waals surface area contributed by atoms with Gasteiger partial charge in [-0.05, 0) is 70.4 Å². The number of amides is 2. The fraction of sp³-hybridized carbons (Fsp3) is 0.375. The molecule has 2 aromatic carbocycles. The quantitative estimate of drug-likeness (QED) is 0.613. The molecule has 166 valence electrons. The van der Waals surface area contributed by atoms with Gasteiger partial charge < -0.3 is 14.8 Å². The number of esters is 1. The molecular formula is C24H30N2O5. The molecule has 0 saturated heterocycles. The third kappa shape index (κ3) is 9.33. The minimum Gasteiger partial charge on any atom is -0.452 e. The molecule has 7 nitrogen and oxygen atoms in total. The third-order valence-electron chi connectivity index (χ3n) is 4.22. The lowest BCUT2D eigenvalue weighted by Crippen LogP contribution is -2.36. The van der Waals surface area contributed by atoms with Gasteiger partial charge in [0.2, 0.25) is 0 Å². The topological polar surface area (TPSA) is 93.7 Å². The van der Waals surface area contributed by atoms with Crippen LogP contribution in [0.5, 0.6) is 0 Å². The number of anilines is 1. The summed E-state index contributed by atoms with van der Waals surface area (Å²) in [5.41, 5.74) is 1.36. The van der Waals surface area contributed by atoms with Crippen molar-refractivity contribution in [2.75, 3.05) is 11.9 Å². The summed E-state index contributed by atoms with van der Waals surface area (Å²) >= 11 is 0. The molecule has 0 radical (unpaired) electrons. The SMILES string of the molecule is C[C@@H](CCc1ccccc1)NC(=O)COC(=O)c1ccc(NC(=O)OC(C)(C)C)cc1. The maximum Gasteiger partial charge on any atom is 0.412 e. The Kier molecular flexibility index (Phi) is 8.61. The Morgan fingerprint density at radius 3 is 2.23 bits per heavy atom. The molecule has 0 saturated carbocycles. The van der Waals surface area contributed by atoms with E-state index in [9.17, 15) is 14.4 Å². The number of ether oxygens (including phenoxy) is 2. The molecule has 0 aliphatic carbocycles. The van der Waals surface area contributed by atoms with E-state index in [0.29, 0.717) is 5.69 Å². The van der Waals surface area contributed by atoms with Gasteiger partial charge in [-0.3, -0.25) is 10.1 Å². The molecule has 0 aromatic heterocycles. The Hall–Kier alpha value is -3.35. The minimum atomic E-state index is -0.615. The summed E-state index contributed by atoms with van der Waals surface area (Å²) in [4.78, 5) is 36.0. The summed E-state index contributed by atoms with van der Waals surface area (Å²) in [6.07, 6.45) is 1.06. The van der Waals surface area contributed by atoms with Crippen LogP contribution in [-0.4, -0.2) is 36.2 Å². The molecule has 0 aliphatic heterocycles. The van der Waals surface area contributed by atoms with E-state index in [2.05, 4.69) is 10.6 Å². The Morgan fingerprint density at radius 1 is 0.968 bits per heavy atom. The maximum atomic E-state index is 12.2. The number of aryl methyl sites for hydroxylation is 1. The Morgan fingerprint density at radius 2 is 1.61 bits per heavy atom. The van der Waals surface area contributed by atoms with Crippen molar-refractivity contribution < 1.29 is 23.9 Å². The highest BCUT2D eigenvalue weighted by molar-refractivity contribution is 5.92. The summed E-state index contributed by atoms with van der Waals surface area (Å²) < 4.78 is 10.2. The molecular weight excluding hydrogens is 396 g/mol. The van der Waals surface area contributed by atoms with Gasteiger partial charge in [-0.25, -0.2) is 9.59 Å². The Balaban J connectivity index is 1.73. The van der Waals surface area contributed by atoms with Gasteiger partial charge in [0.15, 0.2) is 6.61 Å². The van der Waals surface area contributed by atoms with Crippen molar-refractivity contribution in [3.05, 3.63) is 65.7 Å². The molecule has 0 aliphatic rings. The van der Waals surface area contributed by atoms with E-state index < -0.39 is 17.7 Å². The van der Waals surface area contributed by atoms with Crippen molar-refractivity contribution in [1.29, 1.82) is 0 Å². The van der Waals surface area contributed by atoms with Crippen LogP contribution >= 0.6 is 0 Å². The summed E-state index contributed by atoms with van der Waals surface area (Å²) in [6.45, 7) is 6.87. The molecule has 0 bridgehead atoms. The van der Waals surface area contributed by atoms with Crippen molar-refractivity contribution >= 4 is 23.7 Å². The zero-order valence-electron chi connectivity index (χ0n) is 18.4. The van der Waals surface area contributed by atoms with E-state index in [0.717, 1.165) is 12.8 Å². The van der Waals surface area contributed by atoms with E-state index in [4.69, 9.17) is 9.47 Å². The van der Waals surface area contributed by atoms with Crippen LogP contribution in [0.3, 0.4) is 0 Å². The third-order valence-corrected chi connectivity index (χ3v) is 4.22. The van der Waals surface area contributed by atoms with E-state index in [-0.39, 0.29) is 24.1 Å². The Labute approximate surface area is 183 Å². The zero-order valence-corrected chi connectivity index (χ0v) is 18.4. The first kappa shape index (κ1) is 23.9. The second-order valence-corrected chi connectivity index (χ2v) is 8.27. The number of benzene rings is 2. The van der Waals surface area contributed by atoms with E-state index in [1.165, 1.54) is 17.7 Å². The van der Waals surface area contributed by atoms with Crippen molar-refractivity contribution in [2.24, 2.45) is 0 Å². The fourth-order valence-electron chi connectivity index (χ4n) is 2.74. The van der Waals surface area contributed by atoms with Crippen molar-refractivity contribution in [3.63, 3.8) is 0 Å². The molecule has 2 N–H and O–H groups in total. The smallest absolute Gasteiger partial charge is 0.412 e. The zero-order chi connectivity index (χ0) is 22.9. The lowest BCUT2D eigenvalue weighted by Gasteiger charge is -2.19. The van der Waals surface area contributed by atoms with Gasteiger partial charge >= 0.3 is 12.1 Å². The molecule has 2 rings (SSSR count). The average Bonchev–Trinajstić information content (AvgIpc) is 2.70. The van der Waals surface area contributed by atoms with Crippen LogP contribution in [0.4, 0.5) is 10.5 Å². The molecule has 0 unspecified atom stereocenters. The number of carbonyl (C=O) groups is 3. The normalized spacial score (nSPS) is 11.9. The summed E-state index contributed by atoms with van der Waals surface area (Å²) in [7, 11) is 0. The summed E-state index contributed by atoms with van der Waals surface area (Å²) in [5, 5.41) is 5.41. The van der Waals surface area contributed by atoms with Crippen LogP contribution in [0.15, 0.2) is 54.6 Å². The van der Waals surface area contributed by atoms with Gasteiger partial charge in [0, 0.05) is 11.7 Å². The molecule has 2 aromatic rings. The second-order valence-electron chi connectivity index (χ2n) is 8.27. The number of hydrogen-bond donors (Lipinski definition) is 2. The minimum absolute atomic E-state index is 0.0374. The van der Waals surface area contributed by atoms with Crippen LogP contribution in [-0.2, 0) is 20.7 Å². The second kappa shape index (κ2) is 11.2. The van der Waals surface area contributed by atoms with Crippen LogP contribution in [0.25, 0.3) is 0 Å². The average molecular weight is 427 g/mol. The maximum absolute atomic E-state index is 12.2. The predicted octanol–water partition coefficient (Wildman–Crippen LogP) is 4.33. The van der Waals surface area contributed by atoms with Crippen molar-refractivity contribution in [3.8, 4) is 0 Å². The molecule has 0 fully saturated rings. The first-order chi connectivity index (χ1) is 14.6. The van der Waals surface area contributed by atoms with Crippen LogP contribution in [0.2, 0.25) is 0 Å². The lowest BCUT2D eigenvalue weighted by molar-refractivity contribution is -0.124. The molecule has 1 atom stereocenters. The molecule has 0 spiro atoms. The fourth-order valence-corrected chi connectivity index (χ4v) is 2.74.